The molecular weight excluding hydrogens is 247 g/mol. The van der Waals surface area contributed by atoms with Gasteiger partial charge in [0.2, 0.25) is 11.8 Å². The number of carbonyl (C=O) groups excluding carboxylic acids is 2. The van der Waals surface area contributed by atoms with Crippen LogP contribution < -0.4 is 10.6 Å². The molecule has 4 nitrogen and oxygen atoms in total. The van der Waals surface area contributed by atoms with Crippen LogP contribution in [0.15, 0.2) is 24.3 Å². The second-order valence-corrected chi connectivity index (χ2v) is 5.00. The van der Waals surface area contributed by atoms with E-state index < -0.39 is 5.91 Å². The summed E-state index contributed by atoms with van der Waals surface area (Å²) in [6, 6.07) is 5.69. The predicted molar refractivity (Wildman–Crippen MR) is 69.8 cm³/mol. The van der Waals surface area contributed by atoms with Crippen LogP contribution in [0.2, 0.25) is 0 Å². The quantitative estimate of drug-likeness (QED) is 0.879. The number of primary amides is 1. The molecule has 2 amide bonds. The number of benzene rings is 1. The molecule has 1 saturated carbocycles. The number of nitrogens with zero attached hydrogens (tertiary/aromatic N) is 1. The molecule has 0 radical (unpaired) electrons. The Morgan fingerprint density at radius 3 is 2.42 bits per heavy atom. The Labute approximate surface area is 111 Å². The lowest BCUT2D eigenvalue weighted by molar-refractivity contribution is -0.120. The van der Waals surface area contributed by atoms with Crippen LogP contribution in [0, 0.1) is 17.7 Å². The number of anilines is 1. The standard InChI is InChI=1S/C14H17FN2O2/c1-9-8-12(9)14(19)17(7-6-13(16)18)11-4-2-10(15)3-5-11/h2-5,9,12H,6-8H2,1H3,(H2,16,18). The van der Waals surface area contributed by atoms with Crippen molar-refractivity contribution in [2.75, 3.05) is 11.4 Å². The van der Waals surface area contributed by atoms with Crippen molar-refractivity contribution >= 4 is 17.5 Å². The van der Waals surface area contributed by atoms with Crippen LogP contribution in [0.1, 0.15) is 19.8 Å². The van der Waals surface area contributed by atoms with Crippen molar-refractivity contribution in [1.29, 1.82) is 0 Å². The van der Waals surface area contributed by atoms with Crippen molar-refractivity contribution in [2.45, 2.75) is 19.8 Å². The van der Waals surface area contributed by atoms with Crippen LogP contribution in [0.3, 0.4) is 0 Å². The third kappa shape index (κ3) is 3.30. The molecule has 2 atom stereocenters. The molecule has 1 aromatic carbocycles. The van der Waals surface area contributed by atoms with E-state index in [1.807, 2.05) is 6.92 Å². The van der Waals surface area contributed by atoms with Crippen molar-refractivity contribution in [3.8, 4) is 0 Å². The van der Waals surface area contributed by atoms with Gasteiger partial charge in [0.15, 0.2) is 0 Å². The van der Waals surface area contributed by atoms with Crippen LogP contribution >= 0.6 is 0 Å². The minimum Gasteiger partial charge on any atom is -0.370 e. The summed E-state index contributed by atoms with van der Waals surface area (Å²) in [5.74, 6) is -0.433. The summed E-state index contributed by atoms with van der Waals surface area (Å²) < 4.78 is 12.9. The Balaban J connectivity index is 2.15. The zero-order valence-corrected chi connectivity index (χ0v) is 10.8. The minimum absolute atomic E-state index is 0.0120. The SMILES string of the molecule is CC1CC1C(=O)N(CCC(N)=O)c1ccc(F)cc1. The predicted octanol–water partition coefficient (Wildman–Crippen LogP) is 1.69. The molecule has 1 aliphatic rings. The third-order valence-electron chi connectivity index (χ3n) is 3.41. The first-order chi connectivity index (χ1) is 8.99. The maximum absolute atomic E-state index is 12.9. The van der Waals surface area contributed by atoms with Crippen LogP contribution in [0.5, 0.6) is 0 Å². The lowest BCUT2D eigenvalue weighted by Crippen LogP contribution is -2.35. The van der Waals surface area contributed by atoms with E-state index >= 15 is 0 Å². The molecular formula is C14H17FN2O2. The van der Waals surface area contributed by atoms with Gasteiger partial charge >= 0.3 is 0 Å². The van der Waals surface area contributed by atoms with E-state index in [4.69, 9.17) is 5.73 Å². The lowest BCUT2D eigenvalue weighted by Gasteiger charge is -2.22. The highest BCUT2D eigenvalue weighted by Gasteiger charge is 2.41. The third-order valence-corrected chi connectivity index (χ3v) is 3.41. The van der Waals surface area contributed by atoms with Crippen molar-refractivity contribution in [1.82, 2.24) is 0 Å². The second kappa shape index (κ2) is 5.38. The lowest BCUT2D eigenvalue weighted by atomic mass is 10.2. The van der Waals surface area contributed by atoms with E-state index in [1.54, 1.807) is 12.1 Å². The molecule has 0 aromatic heterocycles. The average Bonchev–Trinajstić information content (AvgIpc) is 3.08. The number of hydrogen-bond donors (Lipinski definition) is 1. The molecule has 0 spiro atoms. The van der Waals surface area contributed by atoms with E-state index in [1.165, 1.54) is 17.0 Å². The maximum Gasteiger partial charge on any atom is 0.230 e. The van der Waals surface area contributed by atoms with Crippen molar-refractivity contribution in [2.24, 2.45) is 17.6 Å². The normalized spacial score (nSPS) is 20.9. The molecule has 2 rings (SSSR count). The zero-order chi connectivity index (χ0) is 14.0. The number of nitrogens with two attached hydrogens (primary N) is 1. The monoisotopic (exact) mass is 264 g/mol. The average molecular weight is 264 g/mol. The highest BCUT2D eigenvalue weighted by atomic mass is 19.1. The number of hydrogen-bond acceptors (Lipinski definition) is 2. The molecule has 1 aromatic rings. The topological polar surface area (TPSA) is 63.4 Å². The number of carbonyl (C=O) groups is 2. The Kier molecular flexibility index (Phi) is 3.83. The fourth-order valence-corrected chi connectivity index (χ4v) is 2.08. The summed E-state index contributed by atoms with van der Waals surface area (Å²) >= 11 is 0. The Bertz CT molecular complexity index is 487. The number of halogens is 1. The molecule has 0 heterocycles. The van der Waals surface area contributed by atoms with Crippen LogP contribution in [-0.2, 0) is 9.59 Å². The summed E-state index contributed by atoms with van der Waals surface area (Å²) in [5, 5.41) is 0. The smallest absolute Gasteiger partial charge is 0.230 e. The van der Waals surface area contributed by atoms with Gasteiger partial charge in [-0.1, -0.05) is 6.92 Å². The van der Waals surface area contributed by atoms with Crippen molar-refractivity contribution < 1.29 is 14.0 Å². The minimum atomic E-state index is -0.455. The molecule has 1 aliphatic carbocycles. The van der Waals surface area contributed by atoms with Gasteiger partial charge < -0.3 is 10.6 Å². The molecule has 1 fully saturated rings. The summed E-state index contributed by atoms with van der Waals surface area (Å²) in [5.41, 5.74) is 5.73. The molecule has 5 heteroatoms. The first kappa shape index (κ1) is 13.5. The van der Waals surface area contributed by atoms with Gasteiger partial charge in [-0.2, -0.15) is 0 Å². The first-order valence-electron chi connectivity index (χ1n) is 6.34. The second-order valence-electron chi connectivity index (χ2n) is 5.00. The van der Waals surface area contributed by atoms with Crippen LogP contribution in [0.4, 0.5) is 10.1 Å². The molecule has 0 saturated heterocycles. The molecule has 0 bridgehead atoms. The van der Waals surface area contributed by atoms with Gasteiger partial charge in [0, 0.05) is 24.6 Å². The van der Waals surface area contributed by atoms with Gasteiger partial charge in [-0.15, -0.1) is 0 Å². The Hall–Kier alpha value is -1.91. The molecule has 2 unspecified atom stereocenters. The fraction of sp³-hybridized carbons (Fsp3) is 0.429. The largest absolute Gasteiger partial charge is 0.370 e. The number of rotatable bonds is 5. The molecule has 102 valence electrons. The van der Waals surface area contributed by atoms with E-state index in [9.17, 15) is 14.0 Å². The molecule has 19 heavy (non-hydrogen) atoms. The summed E-state index contributed by atoms with van der Waals surface area (Å²) in [4.78, 5) is 24.7. The van der Waals surface area contributed by atoms with Crippen molar-refractivity contribution in [3.05, 3.63) is 30.1 Å². The number of amides is 2. The zero-order valence-electron chi connectivity index (χ0n) is 10.8. The first-order valence-corrected chi connectivity index (χ1v) is 6.34. The Morgan fingerprint density at radius 1 is 1.37 bits per heavy atom. The maximum atomic E-state index is 12.9. The van der Waals surface area contributed by atoms with E-state index in [0.29, 0.717) is 11.6 Å². The van der Waals surface area contributed by atoms with E-state index in [2.05, 4.69) is 0 Å². The summed E-state index contributed by atoms with van der Waals surface area (Å²) in [6.45, 7) is 2.25. The van der Waals surface area contributed by atoms with E-state index in [-0.39, 0.29) is 30.6 Å². The van der Waals surface area contributed by atoms with Gasteiger partial charge in [0.25, 0.3) is 0 Å². The molecule has 2 N–H and O–H groups in total. The van der Waals surface area contributed by atoms with Gasteiger partial charge in [-0.25, -0.2) is 4.39 Å². The van der Waals surface area contributed by atoms with Crippen LogP contribution in [-0.4, -0.2) is 18.4 Å². The van der Waals surface area contributed by atoms with Gasteiger partial charge in [0.05, 0.1) is 0 Å². The highest BCUT2D eigenvalue weighted by molar-refractivity contribution is 5.97. The van der Waals surface area contributed by atoms with Crippen molar-refractivity contribution in [3.63, 3.8) is 0 Å². The van der Waals surface area contributed by atoms with Crippen LogP contribution in [0.25, 0.3) is 0 Å². The fourth-order valence-electron chi connectivity index (χ4n) is 2.08. The van der Waals surface area contributed by atoms with Gasteiger partial charge in [0.1, 0.15) is 5.82 Å². The molecule has 0 aliphatic heterocycles. The summed E-state index contributed by atoms with van der Waals surface area (Å²) in [7, 11) is 0. The Morgan fingerprint density at radius 2 is 1.95 bits per heavy atom. The summed E-state index contributed by atoms with van der Waals surface area (Å²) in [6.07, 6.45) is 0.970. The van der Waals surface area contributed by atoms with Gasteiger partial charge in [-0.3, -0.25) is 9.59 Å². The highest BCUT2D eigenvalue weighted by Crippen LogP contribution is 2.40. The van der Waals surface area contributed by atoms with Gasteiger partial charge in [-0.05, 0) is 36.6 Å². The van der Waals surface area contributed by atoms with E-state index in [0.717, 1.165) is 6.42 Å².